The molecule has 3 rings (SSSR count). The van der Waals surface area contributed by atoms with E-state index in [-0.39, 0.29) is 24.3 Å². The minimum absolute atomic E-state index is 0.00298. The minimum Gasteiger partial charge on any atom is -0.450 e. The summed E-state index contributed by atoms with van der Waals surface area (Å²) in [4.78, 5) is 28.1. The third-order valence-corrected chi connectivity index (χ3v) is 4.58. The topological polar surface area (TPSA) is 88.8 Å². The highest BCUT2D eigenvalue weighted by molar-refractivity contribution is 5.78. The molecule has 1 unspecified atom stereocenters. The Kier molecular flexibility index (Phi) is 6.05. The first-order valence-electron chi connectivity index (χ1n) is 9.13. The standard InChI is InChI=1S/C19H24N4O4/c1-3-26-19(25)23-11-9-22(10-12-23)17(24)13-16(15-7-5-4-6-8-15)18-21-20-14(2)27-18/h4-8,16H,3,9-13H2,1-2H3. The van der Waals surface area contributed by atoms with Gasteiger partial charge in [0.15, 0.2) is 0 Å². The van der Waals surface area contributed by atoms with Crippen molar-refractivity contribution >= 4 is 12.0 Å². The Bertz CT molecular complexity index is 769. The van der Waals surface area contributed by atoms with Crippen LogP contribution in [-0.4, -0.2) is 64.8 Å². The quantitative estimate of drug-likeness (QED) is 0.799. The van der Waals surface area contributed by atoms with Crippen molar-refractivity contribution in [3.05, 3.63) is 47.7 Å². The summed E-state index contributed by atoms with van der Waals surface area (Å²) in [6.07, 6.45) is -0.0847. The van der Waals surface area contributed by atoms with Crippen LogP contribution in [0, 0.1) is 6.92 Å². The number of piperazine rings is 1. The molecule has 0 saturated carbocycles. The summed E-state index contributed by atoms with van der Waals surface area (Å²) in [5.74, 6) is 0.629. The fraction of sp³-hybridized carbons (Fsp3) is 0.474. The van der Waals surface area contributed by atoms with Crippen LogP contribution in [0.5, 0.6) is 0 Å². The number of rotatable bonds is 5. The molecule has 8 nitrogen and oxygen atoms in total. The van der Waals surface area contributed by atoms with Gasteiger partial charge in [-0.05, 0) is 12.5 Å². The van der Waals surface area contributed by atoms with E-state index in [2.05, 4.69) is 10.2 Å². The zero-order chi connectivity index (χ0) is 19.2. The van der Waals surface area contributed by atoms with Gasteiger partial charge in [-0.25, -0.2) is 4.79 Å². The molecule has 0 N–H and O–H groups in total. The summed E-state index contributed by atoms with van der Waals surface area (Å²) in [5.41, 5.74) is 0.958. The molecule has 1 aromatic heterocycles. The number of hydrogen-bond acceptors (Lipinski definition) is 6. The molecule has 1 fully saturated rings. The first kappa shape index (κ1) is 18.9. The summed E-state index contributed by atoms with van der Waals surface area (Å²) in [6.45, 7) is 5.78. The van der Waals surface area contributed by atoms with Gasteiger partial charge in [0, 0.05) is 39.5 Å². The summed E-state index contributed by atoms with van der Waals surface area (Å²) >= 11 is 0. The maximum atomic E-state index is 12.9. The molecule has 1 aromatic carbocycles. The lowest BCUT2D eigenvalue weighted by molar-refractivity contribution is -0.133. The van der Waals surface area contributed by atoms with Gasteiger partial charge in [0.1, 0.15) is 0 Å². The number of amides is 2. The van der Waals surface area contributed by atoms with Crippen molar-refractivity contribution in [1.82, 2.24) is 20.0 Å². The van der Waals surface area contributed by atoms with Crippen LogP contribution in [0.15, 0.2) is 34.7 Å². The summed E-state index contributed by atoms with van der Waals surface area (Å²) in [6, 6.07) is 9.69. The van der Waals surface area contributed by atoms with E-state index in [0.29, 0.717) is 44.6 Å². The van der Waals surface area contributed by atoms with E-state index in [4.69, 9.17) is 9.15 Å². The molecule has 1 saturated heterocycles. The average Bonchev–Trinajstić information content (AvgIpc) is 3.13. The van der Waals surface area contributed by atoms with Gasteiger partial charge in [-0.15, -0.1) is 10.2 Å². The maximum Gasteiger partial charge on any atom is 0.409 e. The van der Waals surface area contributed by atoms with Crippen molar-refractivity contribution < 1.29 is 18.7 Å². The third kappa shape index (κ3) is 4.64. The molecule has 0 bridgehead atoms. The molecule has 0 radical (unpaired) electrons. The number of hydrogen-bond donors (Lipinski definition) is 0. The largest absolute Gasteiger partial charge is 0.450 e. The number of ether oxygens (including phenoxy) is 1. The fourth-order valence-electron chi connectivity index (χ4n) is 3.14. The van der Waals surface area contributed by atoms with E-state index in [1.165, 1.54) is 0 Å². The summed E-state index contributed by atoms with van der Waals surface area (Å²) < 4.78 is 10.6. The molecule has 27 heavy (non-hydrogen) atoms. The van der Waals surface area contributed by atoms with Gasteiger partial charge in [0.2, 0.25) is 17.7 Å². The number of aryl methyl sites for hydroxylation is 1. The van der Waals surface area contributed by atoms with Gasteiger partial charge in [-0.1, -0.05) is 30.3 Å². The highest BCUT2D eigenvalue weighted by Gasteiger charge is 2.29. The highest BCUT2D eigenvalue weighted by atomic mass is 16.6. The van der Waals surface area contributed by atoms with Crippen molar-refractivity contribution in [2.75, 3.05) is 32.8 Å². The molecule has 1 atom stereocenters. The molecule has 2 aromatic rings. The van der Waals surface area contributed by atoms with Gasteiger partial charge in [-0.3, -0.25) is 4.79 Å². The van der Waals surface area contributed by atoms with Crippen LogP contribution in [0.1, 0.15) is 36.6 Å². The van der Waals surface area contributed by atoms with Crippen molar-refractivity contribution in [2.24, 2.45) is 0 Å². The minimum atomic E-state index is -0.326. The van der Waals surface area contributed by atoms with E-state index in [1.54, 1.807) is 23.6 Å². The van der Waals surface area contributed by atoms with E-state index < -0.39 is 0 Å². The highest BCUT2D eigenvalue weighted by Crippen LogP contribution is 2.28. The normalized spacial score (nSPS) is 15.5. The Morgan fingerprint density at radius 3 is 2.37 bits per heavy atom. The van der Waals surface area contributed by atoms with Gasteiger partial charge in [-0.2, -0.15) is 0 Å². The number of benzene rings is 1. The zero-order valence-electron chi connectivity index (χ0n) is 15.6. The van der Waals surface area contributed by atoms with Crippen LogP contribution in [0.4, 0.5) is 4.79 Å². The van der Waals surface area contributed by atoms with E-state index in [1.807, 2.05) is 30.3 Å². The molecule has 144 valence electrons. The van der Waals surface area contributed by atoms with E-state index in [0.717, 1.165) is 5.56 Å². The predicted molar refractivity (Wildman–Crippen MR) is 97.1 cm³/mol. The molecule has 2 amide bonds. The Morgan fingerprint density at radius 2 is 1.78 bits per heavy atom. The fourth-order valence-corrected chi connectivity index (χ4v) is 3.14. The van der Waals surface area contributed by atoms with Gasteiger partial charge >= 0.3 is 6.09 Å². The van der Waals surface area contributed by atoms with Crippen LogP contribution in [0.2, 0.25) is 0 Å². The molecular formula is C19H24N4O4. The second-order valence-corrected chi connectivity index (χ2v) is 6.39. The predicted octanol–water partition coefficient (Wildman–Crippen LogP) is 2.20. The van der Waals surface area contributed by atoms with Crippen molar-refractivity contribution in [1.29, 1.82) is 0 Å². The molecular weight excluding hydrogens is 348 g/mol. The lowest BCUT2D eigenvalue weighted by atomic mass is 9.95. The Labute approximate surface area is 158 Å². The van der Waals surface area contributed by atoms with Crippen molar-refractivity contribution in [3.63, 3.8) is 0 Å². The zero-order valence-corrected chi connectivity index (χ0v) is 15.6. The Hall–Kier alpha value is -2.90. The smallest absolute Gasteiger partial charge is 0.409 e. The van der Waals surface area contributed by atoms with Crippen LogP contribution in [-0.2, 0) is 9.53 Å². The maximum absolute atomic E-state index is 12.9. The second-order valence-electron chi connectivity index (χ2n) is 6.39. The molecule has 1 aliphatic heterocycles. The van der Waals surface area contributed by atoms with Crippen LogP contribution in [0.25, 0.3) is 0 Å². The lowest BCUT2D eigenvalue weighted by Gasteiger charge is -2.34. The lowest BCUT2D eigenvalue weighted by Crippen LogP contribution is -2.50. The first-order chi connectivity index (χ1) is 13.1. The van der Waals surface area contributed by atoms with Gasteiger partial charge in [0.25, 0.3) is 0 Å². The number of aromatic nitrogens is 2. The molecule has 2 heterocycles. The van der Waals surface area contributed by atoms with Crippen LogP contribution >= 0.6 is 0 Å². The van der Waals surface area contributed by atoms with Crippen molar-refractivity contribution in [2.45, 2.75) is 26.2 Å². The number of carbonyl (C=O) groups is 2. The number of carbonyl (C=O) groups excluding carboxylic acids is 2. The molecule has 1 aliphatic rings. The average molecular weight is 372 g/mol. The summed E-state index contributed by atoms with van der Waals surface area (Å²) in [7, 11) is 0. The Morgan fingerprint density at radius 1 is 1.11 bits per heavy atom. The first-order valence-corrected chi connectivity index (χ1v) is 9.13. The van der Waals surface area contributed by atoms with Gasteiger partial charge in [0.05, 0.1) is 12.5 Å². The second kappa shape index (κ2) is 8.66. The monoisotopic (exact) mass is 372 g/mol. The van der Waals surface area contributed by atoms with Crippen molar-refractivity contribution in [3.8, 4) is 0 Å². The third-order valence-electron chi connectivity index (χ3n) is 4.58. The van der Waals surface area contributed by atoms with Crippen LogP contribution in [0.3, 0.4) is 0 Å². The Balaban J connectivity index is 1.66. The number of nitrogens with zero attached hydrogens (tertiary/aromatic N) is 4. The van der Waals surface area contributed by atoms with E-state index in [9.17, 15) is 9.59 Å². The SMILES string of the molecule is CCOC(=O)N1CCN(C(=O)CC(c2ccccc2)c2nnc(C)o2)CC1. The molecule has 8 heteroatoms. The van der Waals surface area contributed by atoms with E-state index >= 15 is 0 Å². The molecule has 0 spiro atoms. The van der Waals surface area contributed by atoms with Crippen LogP contribution < -0.4 is 0 Å². The molecule has 0 aliphatic carbocycles. The van der Waals surface area contributed by atoms with Gasteiger partial charge < -0.3 is 19.0 Å². The summed E-state index contributed by atoms with van der Waals surface area (Å²) in [5, 5.41) is 8.02.